The van der Waals surface area contributed by atoms with Crippen LogP contribution in [-0.2, 0) is 16.8 Å². The first-order valence-corrected chi connectivity index (χ1v) is 8.82. The smallest absolute Gasteiger partial charge is 0.256 e. The van der Waals surface area contributed by atoms with Gasteiger partial charge in [-0.15, -0.1) is 0 Å². The Morgan fingerprint density at radius 2 is 1.88 bits per heavy atom. The molecule has 0 aliphatic heterocycles. The van der Waals surface area contributed by atoms with Crippen molar-refractivity contribution in [2.45, 2.75) is 25.9 Å². The van der Waals surface area contributed by atoms with Gasteiger partial charge in [-0.25, -0.2) is 0 Å². The molecule has 2 rings (SSSR count). The monoisotopic (exact) mass is 377 g/mol. The van der Waals surface area contributed by atoms with Crippen LogP contribution in [0.5, 0.6) is 11.5 Å². The normalized spacial score (nSPS) is 13.0. The van der Waals surface area contributed by atoms with Crippen molar-refractivity contribution in [1.82, 2.24) is 5.32 Å². The standard InChI is InChI=1S/C20H24ClNO4/c1-4-26-17-10-5-14(13-18(17)25-3)11-12-22-19(23)20(2,24)15-6-8-16(21)9-7-15/h5-10,13,24H,4,11-12H2,1-3H3,(H,22,23). The minimum Gasteiger partial charge on any atom is -0.493 e. The van der Waals surface area contributed by atoms with Crippen LogP contribution < -0.4 is 14.8 Å². The van der Waals surface area contributed by atoms with E-state index in [-0.39, 0.29) is 0 Å². The number of methoxy groups -OCH3 is 1. The number of aliphatic hydroxyl groups is 1. The quantitative estimate of drug-likeness (QED) is 0.740. The zero-order valence-electron chi connectivity index (χ0n) is 15.2. The van der Waals surface area contributed by atoms with E-state index in [1.165, 1.54) is 6.92 Å². The van der Waals surface area contributed by atoms with Crippen LogP contribution in [0.15, 0.2) is 42.5 Å². The summed E-state index contributed by atoms with van der Waals surface area (Å²) in [5.74, 6) is 0.884. The van der Waals surface area contributed by atoms with Gasteiger partial charge in [-0.3, -0.25) is 4.79 Å². The second-order valence-electron chi connectivity index (χ2n) is 6.00. The highest BCUT2D eigenvalue weighted by Crippen LogP contribution is 2.28. The largest absolute Gasteiger partial charge is 0.493 e. The molecule has 5 nitrogen and oxygen atoms in total. The predicted molar refractivity (Wildman–Crippen MR) is 102 cm³/mol. The highest BCUT2D eigenvalue weighted by molar-refractivity contribution is 6.30. The summed E-state index contributed by atoms with van der Waals surface area (Å²) in [6.07, 6.45) is 0.602. The van der Waals surface area contributed by atoms with Crippen LogP contribution in [0.3, 0.4) is 0 Å². The van der Waals surface area contributed by atoms with Crippen molar-refractivity contribution in [3.05, 3.63) is 58.6 Å². The Hall–Kier alpha value is -2.24. The molecule has 0 heterocycles. The van der Waals surface area contributed by atoms with Gasteiger partial charge in [-0.1, -0.05) is 29.8 Å². The van der Waals surface area contributed by atoms with Crippen LogP contribution in [0, 0.1) is 0 Å². The Bertz CT molecular complexity index is 744. The maximum Gasteiger partial charge on any atom is 0.256 e. The summed E-state index contributed by atoms with van der Waals surface area (Å²) >= 11 is 5.85. The number of hydrogen-bond acceptors (Lipinski definition) is 4. The van der Waals surface area contributed by atoms with E-state index in [1.807, 2.05) is 25.1 Å². The lowest BCUT2D eigenvalue weighted by molar-refractivity contribution is -0.138. The molecule has 2 aromatic carbocycles. The van der Waals surface area contributed by atoms with Crippen LogP contribution in [0.4, 0.5) is 0 Å². The average Bonchev–Trinajstić information content (AvgIpc) is 2.63. The molecule has 0 aliphatic carbocycles. The molecule has 140 valence electrons. The van der Waals surface area contributed by atoms with Crippen LogP contribution in [0.25, 0.3) is 0 Å². The van der Waals surface area contributed by atoms with Crippen LogP contribution >= 0.6 is 11.6 Å². The van der Waals surface area contributed by atoms with Gasteiger partial charge in [-0.2, -0.15) is 0 Å². The summed E-state index contributed by atoms with van der Waals surface area (Å²) in [4.78, 5) is 12.4. The number of carbonyl (C=O) groups is 1. The number of rotatable bonds is 8. The zero-order chi connectivity index (χ0) is 19.2. The summed E-state index contributed by atoms with van der Waals surface area (Å²) in [7, 11) is 1.59. The number of amides is 1. The van der Waals surface area contributed by atoms with Gasteiger partial charge in [0, 0.05) is 11.6 Å². The minimum absolute atomic E-state index is 0.389. The van der Waals surface area contributed by atoms with Gasteiger partial charge in [0.2, 0.25) is 0 Å². The molecule has 0 fully saturated rings. The summed E-state index contributed by atoms with van der Waals surface area (Å²) < 4.78 is 10.8. The summed E-state index contributed by atoms with van der Waals surface area (Å²) in [6, 6.07) is 12.2. The summed E-state index contributed by atoms with van der Waals surface area (Å²) in [5, 5.41) is 13.8. The zero-order valence-corrected chi connectivity index (χ0v) is 16.0. The molecule has 2 N–H and O–H groups in total. The topological polar surface area (TPSA) is 67.8 Å². The van der Waals surface area contributed by atoms with Gasteiger partial charge in [0.1, 0.15) is 0 Å². The van der Waals surface area contributed by atoms with E-state index in [4.69, 9.17) is 21.1 Å². The number of hydrogen-bond donors (Lipinski definition) is 2. The Morgan fingerprint density at radius 1 is 1.19 bits per heavy atom. The molecule has 0 saturated carbocycles. The van der Waals surface area contributed by atoms with Crippen LogP contribution in [-0.4, -0.2) is 31.3 Å². The van der Waals surface area contributed by atoms with Crippen molar-refractivity contribution in [2.75, 3.05) is 20.3 Å². The summed E-state index contributed by atoms with van der Waals surface area (Å²) in [5.41, 5.74) is -0.139. The number of nitrogens with one attached hydrogen (secondary N) is 1. The maximum absolute atomic E-state index is 12.4. The third-order valence-electron chi connectivity index (χ3n) is 4.08. The highest BCUT2D eigenvalue weighted by Gasteiger charge is 2.31. The molecule has 26 heavy (non-hydrogen) atoms. The molecule has 0 saturated heterocycles. The van der Waals surface area contributed by atoms with Crippen molar-refractivity contribution in [2.24, 2.45) is 0 Å². The molecule has 1 unspecified atom stereocenters. The van der Waals surface area contributed by atoms with Crippen molar-refractivity contribution in [3.8, 4) is 11.5 Å². The minimum atomic E-state index is -1.62. The van der Waals surface area contributed by atoms with Gasteiger partial charge in [-0.05, 0) is 55.7 Å². The van der Waals surface area contributed by atoms with Gasteiger partial charge < -0.3 is 19.9 Å². The third-order valence-corrected chi connectivity index (χ3v) is 4.33. The second kappa shape index (κ2) is 8.92. The Morgan fingerprint density at radius 3 is 2.50 bits per heavy atom. The first kappa shape index (κ1) is 20.1. The van der Waals surface area contributed by atoms with E-state index in [0.29, 0.717) is 41.7 Å². The molecule has 2 aromatic rings. The Balaban J connectivity index is 1.96. The first-order chi connectivity index (χ1) is 12.4. The molecule has 1 atom stereocenters. The molecule has 0 aromatic heterocycles. The van der Waals surface area contributed by atoms with Gasteiger partial charge >= 0.3 is 0 Å². The van der Waals surface area contributed by atoms with Gasteiger partial charge in [0.25, 0.3) is 5.91 Å². The molecule has 6 heteroatoms. The fourth-order valence-electron chi connectivity index (χ4n) is 2.54. The Labute approximate surface area is 158 Å². The van der Waals surface area contributed by atoms with E-state index < -0.39 is 11.5 Å². The average molecular weight is 378 g/mol. The fourth-order valence-corrected chi connectivity index (χ4v) is 2.67. The summed E-state index contributed by atoms with van der Waals surface area (Å²) in [6.45, 7) is 4.33. The van der Waals surface area contributed by atoms with E-state index in [1.54, 1.807) is 31.4 Å². The number of benzene rings is 2. The third kappa shape index (κ3) is 4.90. The lowest BCUT2D eigenvalue weighted by Crippen LogP contribution is -2.42. The van der Waals surface area contributed by atoms with Gasteiger partial charge in [0.05, 0.1) is 13.7 Å². The van der Waals surface area contributed by atoms with Crippen molar-refractivity contribution in [1.29, 1.82) is 0 Å². The van der Waals surface area contributed by atoms with Crippen molar-refractivity contribution < 1.29 is 19.4 Å². The maximum atomic E-state index is 12.4. The molecule has 1 amide bonds. The molecule has 0 bridgehead atoms. The number of halogens is 1. The Kier molecular flexibility index (Phi) is 6.89. The van der Waals surface area contributed by atoms with E-state index in [2.05, 4.69) is 5.32 Å². The second-order valence-corrected chi connectivity index (χ2v) is 6.44. The van der Waals surface area contributed by atoms with Crippen LogP contribution in [0.1, 0.15) is 25.0 Å². The van der Waals surface area contributed by atoms with Crippen molar-refractivity contribution in [3.63, 3.8) is 0 Å². The van der Waals surface area contributed by atoms with E-state index in [9.17, 15) is 9.90 Å². The lowest BCUT2D eigenvalue weighted by atomic mass is 9.95. The SMILES string of the molecule is CCOc1ccc(CCNC(=O)C(C)(O)c2ccc(Cl)cc2)cc1OC. The molecule has 0 radical (unpaired) electrons. The molecular weight excluding hydrogens is 354 g/mol. The van der Waals surface area contributed by atoms with E-state index in [0.717, 1.165) is 5.56 Å². The lowest BCUT2D eigenvalue weighted by Gasteiger charge is -2.23. The first-order valence-electron chi connectivity index (χ1n) is 8.45. The molecule has 0 aliphatic rings. The predicted octanol–water partition coefficient (Wildman–Crippen LogP) is 3.31. The number of carbonyl (C=O) groups excluding carboxylic acids is 1. The van der Waals surface area contributed by atoms with Gasteiger partial charge in [0.15, 0.2) is 17.1 Å². The van der Waals surface area contributed by atoms with Crippen molar-refractivity contribution >= 4 is 17.5 Å². The molecular formula is C20H24ClNO4. The molecule has 0 spiro atoms. The van der Waals surface area contributed by atoms with E-state index >= 15 is 0 Å². The number of ether oxygens (including phenoxy) is 2. The highest BCUT2D eigenvalue weighted by atomic mass is 35.5. The van der Waals surface area contributed by atoms with Crippen LogP contribution in [0.2, 0.25) is 5.02 Å². The fraction of sp³-hybridized carbons (Fsp3) is 0.350.